The van der Waals surface area contributed by atoms with Crippen molar-refractivity contribution in [1.29, 1.82) is 0 Å². The van der Waals surface area contributed by atoms with E-state index in [4.69, 9.17) is 11.6 Å². The number of sulfone groups is 1. The van der Waals surface area contributed by atoms with E-state index in [-0.39, 0.29) is 9.92 Å². The van der Waals surface area contributed by atoms with Gasteiger partial charge in [0, 0.05) is 12.6 Å². The van der Waals surface area contributed by atoms with Crippen molar-refractivity contribution in [2.24, 2.45) is 0 Å². The highest BCUT2D eigenvalue weighted by Gasteiger charge is 2.25. The highest BCUT2D eigenvalue weighted by molar-refractivity contribution is 7.92. The normalized spacial score (nSPS) is 13.7. The number of hydrogen-bond acceptors (Lipinski definition) is 3. The maximum atomic E-state index is 12.4. The molecule has 0 aliphatic carbocycles. The number of nitrogens with one attached hydrogen (secondary N) is 1. The molecule has 0 heterocycles. The average molecular weight is 304 g/mol. The molecular formula is C14H22ClNO2S. The average Bonchev–Trinajstić information content (AvgIpc) is 2.39. The zero-order valence-corrected chi connectivity index (χ0v) is 13.3. The first-order valence-corrected chi connectivity index (χ1v) is 8.57. The van der Waals surface area contributed by atoms with Crippen molar-refractivity contribution in [2.75, 3.05) is 6.54 Å². The van der Waals surface area contributed by atoms with Crippen molar-refractivity contribution < 1.29 is 8.42 Å². The Morgan fingerprint density at radius 2 is 1.79 bits per heavy atom. The van der Waals surface area contributed by atoms with Crippen molar-refractivity contribution in [3.8, 4) is 0 Å². The van der Waals surface area contributed by atoms with Gasteiger partial charge in [0.05, 0.1) is 15.2 Å². The maximum Gasteiger partial charge on any atom is 0.183 e. The van der Waals surface area contributed by atoms with Crippen molar-refractivity contribution in [3.63, 3.8) is 0 Å². The molecule has 0 aliphatic rings. The van der Waals surface area contributed by atoms with Crippen LogP contribution in [0, 0.1) is 0 Å². The smallest absolute Gasteiger partial charge is 0.183 e. The third-order valence-corrected chi connectivity index (χ3v) is 5.99. The molecule has 1 aromatic carbocycles. The van der Waals surface area contributed by atoms with E-state index in [0.29, 0.717) is 12.6 Å². The summed E-state index contributed by atoms with van der Waals surface area (Å²) in [6.45, 7) is 6.34. The fourth-order valence-corrected chi connectivity index (χ4v) is 3.73. The molecule has 3 nitrogen and oxygen atoms in total. The number of halogens is 1. The van der Waals surface area contributed by atoms with Crippen LogP contribution in [-0.4, -0.2) is 26.3 Å². The molecule has 0 aliphatic heterocycles. The van der Waals surface area contributed by atoms with Crippen LogP contribution in [0.5, 0.6) is 0 Å². The van der Waals surface area contributed by atoms with Crippen molar-refractivity contribution in [1.82, 2.24) is 5.32 Å². The lowest BCUT2D eigenvalue weighted by atomic mass is 10.2. The summed E-state index contributed by atoms with van der Waals surface area (Å²) in [5, 5.41) is 3.09. The minimum absolute atomic E-state index is 0.218. The van der Waals surface area contributed by atoms with Crippen LogP contribution < -0.4 is 5.32 Å². The van der Waals surface area contributed by atoms with Gasteiger partial charge < -0.3 is 5.32 Å². The standard InChI is InChI=1S/C14H22ClNO2S/c1-4-12(5-2)16-10-11(3)19(17,18)14-9-7-6-8-13(14)15/h6-9,11-12,16H,4-5,10H2,1-3H3. The molecule has 108 valence electrons. The van der Waals surface area contributed by atoms with Crippen LogP contribution >= 0.6 is 11.6 Å². The Bertz CT molecular complexity index is 498. The lowest BCUT2D eigenvalue weighted by Gasteiger charge is -2.19. The Morgan fingerprint density at radius 1 is 1.21 bits per heavy atom. The van der Waals surface area contributed by atoms with Crippen LogP contribution in [0.25, 0.3) is 0 Å². The van der Waals surface area contributed by atoms with Gasteiger partial charge in [-0.2, -0.15) is 0 Å². The molecule has 19 heavy (non-hydrogen) atoms. The number of rotatable bonds is 7. The lowest BCUT2D eigenvalue weighted by Crippen LogP contribution is -2.37. The van der Waals surface area contributed by atoms with E-state index in [2.05, 4.69) is 19.2 Å². The topological polar surface area (TPSA) is 46.2 Å². The molecular weight excluding hydrogens is 282 g/mol. The summed E-state index contributed by atoms with van der Waals surface area (Å²) in [6.07, 6.45) is 1.99. The van der Waals surface area contributed by atoms with E-state index in [1.807, 2.05) is 0 Å². The molecule has 1 aromatic rings. The van der Waals surface area contributed by atoms with E-state index >= 15 is 0 Å². The molecule has 0 saturated carbocycles. The quantitative estimate of drug-likeness (QED) is 0.841. The first-order chi connectivity index (χ1) is 8.93. The summed E-state index contributed by atoms with van der Waals surface area (Å²) < 4.78 is 24.8. The van der Waals surface area contributed by atoms with Crippen molar-refractivity contribution >= 4 is 21.4 Å². The molecule has 0 spiro atoms. The van der Waals surface area contributed by atoms with Crippen LogP contribution in [0.1, 0.15) is 33.6 Å². The zero-order valence-electron chi connectivity index (χ0n) is 11.7. The molecule has 1 N–H and O–H groups in total. The number of hydrogen-bond donors (Lipinski definition) is 1. The van der Waals surface area contributed by atoms with Gasteiger partial charge in [-0.15, -0.1) is 0 Å². The van der Waals surface area contributed by atoms with Gasteiger partial charge in [-0.3, -0.25) is 0 Å². The minimum atomic E-state index is -3.38. The van der Waals surface area contributed by atoms with Gasteiger partial charge in [0.2, 0.25) is 0 Å². The van der Waals surface area contributed by atoms with Crippen LogP contribution in [-0.2, 0) is 9.84 Å². The van der Waals surface area contributed by atoms with E-state index in [9.17, 15) is 8.42 Å². The summed E-state index contributed by atoms with van der Waals surface area (Å²) in [5.41, 5.74) is 0. The Kier molecular flexibility index (Phi) is 6.30. The molecule has 1 rings (SSSR count). The van der Waals surface area contributed by atoms with E-state index < -0.39 is 15.1 Å². The Balaban J connectivity index is 2.81. The molecule has 0 amide bonds. The van der Waals surface area contributed by atoms with Gasteiger partial charge in [0.1, 0.15) is 0 Å². The summed E-state index contributed by atoms with van der Waals surface area (Å²) >= 11 is 5.97. The molecule has 5 heteroatoms. The van der Waals surface area contributed by atoms with E-state index in [1.54, 1.807) is 31.2 Å². The van der Waals surface area contributed by atoms with Crippen molar-refractivity contribution in [3.05, 3.63) is 29.3 Å². The molecule has 0 radical (unpaired) electrons. The third kappa shape index (κ3) is 4.20. The van der Waals surface area contributed by atoms with Gasteiger partial charge in [0.15, 0.2) is 9.84 Å². The monoisotopic (exact) mass is 303 g/mol. The van der Waals surface area contributed by atoms with Gasteiger partial charge in [-0.05, 0) is 31.9 Å². The lowest BCUT2D eigenvalue weighted by molar-refractivity contribution is 0.480. The summed E-state index contributed by atoms with van der Waals surface area (Å²) in [6, 6.07) is 6.96. The Morgan fingerprint density at radius 3 is 2.32 bits per heavy atom. The van der Waals surface area contributed by atoms with E-state index in [1.165, 1.54) is 0 Å². The van der Waals surface area contributed by atoms with Gasteiger partial charge in [-0.25, -0.2) is 8.42 Å². The second-order valence-electron chi connectivity index (χ2n) is 4.71. The second kappa shape index (κ2) is 7.27. The molecule has 0 fully saturated rings. The van der Waals surface area contributed by atoms with Crippen molar-refractivity contribution in [2.45, 2.75) is 49.8 Å². The van der Waals surface area contributed by atoms with Crippen LogP contribution in [0.15, 0.2) is 29.2 Å². The van der Waals surface area contributed by atoms with E-state index in [0.717, 1.165) is 12.8 Å². The molecule has 0 saturated heterocycles. The van der Waals surface area contributed by atoms with Gasteiger partial charge >= 0.3 is 0 Å². The molecule has 1 atom stereocenters. The van der Waals surface area contributed by atoms with Crippen LogP contribution in [0.3, 0.4) is 0 Å². The predicted molar refractivity (Wildman–Crippen MR) is 80.5 cm³/mol. The largest absolute Gasteiger partial charge is 0.313 e. The highest BCUT2D eigenvalue weighted by atomic mass is 35.5. The molecule has 1 unspecified atom stereocenters. The van der Waals surface area contributed by atoms with Crippen LogP contribution in [0.2, 0.25) is 5.02 Å². The Labute approximate surface area is 121 Å². The summed E-state index contributed by atoms with van der Waals surface area (Å²) in [4.78, 5) is 0.218. The SMILES string of the molecule is CCC(CC)NCC(C)S(=O)(=O)c1ccccc1Cl. The molecule has 0 aromatic heterocycles. The summed E-state index contributed by atoms with van der Waals surface area (Å²) in [5.74, 6) is 0. The first-order valence-electron chi connectivity index (χ1n) is 6.65. The van der Waals surface area contributed by atoms with Gasteiger partial charge in [0.25, 0.3) is 0 Å². The summed E-state index contributed by atoms with van der Waals surface area (Å²) in [7, 11) is -3.38. The fraction of sp³-hybridized carbons (Fsp3) is 0.571. The van der Waals surface area contributed by atoms with Crippen LogP contribution in [0.4, 0.5) is 0 Å². The first kappa shape index (κ1) is 16.5. The van der Waals surface area contributed by atoms with Gasteiger partial charge in [-0.1, -0.05) is 37.6 Å². The third-order valence-electron chi connectivity index (χ3n) is 3.35. The fourth-order valence-electron chi connectivity index (χ4n) is 1.91. The zero-order chi connectivity index (χ0) is 14.5. The highest BCUT2D eigenvalue weighted by Crippen LogP contribution is 2.24. The predicted octanol–water partition coefficient (Wildman–Crippen LogP) is 3.28. The number of benzene rings is 1. The molecule has 0 bridgehead atoms. The Hall–Kier alpha value is -0.580. The minimum Gasteiger partial charge on any atom is -0.313 e. The second-order valence-corrected chi connectivity index (χ2v) is 7.45. The maximum absolute atomic E-state index is 12.4.